The van der Waals surface area contributed by atoms with Crippen LogP contribution in [0.3, 0.4) is 0 Å². The van der Waals surface area contributed by atoms with Crippen molar-refractivity contribution in [2.45, 2.75) is 26.3 Å². The number of aryl methyl sites for hydroxylation is 1. The van der Waals surface area contributed by atoms with Crippen LogP contribution < -0.4 is 5.32 Å². The lowest BCUT2D eigenvalue weighted by Gasteiger charge is -2.32. The van der Waals surface area contributed by atoms with Crippen molar-refractivity contribution in [3.8, 4) is 0 Å². The van der Waals surface area contributed by atoms with Gasteiger partial charge in [-0.25, -0.2) is 0 Å². The van der Waals surface area contributed by atoms with Crippen LogP contribution in [0.4, 0.5) is 11.4 Å². The van der Waals surface area contributed by atoms with Crippen LogP contribution in [0.2, 0.25) is 0 Å². The van der Waals surface area contributed by atoms with Crippen molar-refractivity contribution >= 4 is 17.3 Å². The normalized spacial score (nSPS) is 17.7. The number of benzene rings is 2. The summed E-state index contributed by atoms with van der Waals surface area (Å²) >= 11 is 0. The lowest BCUT2D eigenvalue weighted by Crippen LogP contribution is -2.40. The Morgan fingerprint density at radius 1 is 1.27 bits per heavy atom. The number of nitrogens with one attached hydrogen (secondary N) is 1. The van der Waals surface area contributed by atoms with Gasteiger partial charge in [-0.1, -0.05) is 35.9 Å². The van der Waals surface area contributed by atoms with Crippen molar-refractivity contribution in [3.05, 3.63) is 69.8 Å². The summed E-state index contributed by atoms with van der Waals surface area (Å²) in [6.45, 7) is 4.59. The molecule has 136 valence electrons. The van der Waals surface area contributed by atoms with Gasteiger partial charge in [0.25, 0.3) is 5.69 Å². The summed E-state index contributed by atoms with van der Waals surface area (Å²) in [5.74, 6) is -0.174. The lowest BCUT2D eigenvalue weighted by molar-refractivity contribution is -0.384. The summed E-state index contributed by atoms with van der Waals surface area (Å²) in [6, 6.07) is 14.5. The molecule has 1 aliphatic rings. The monoisotopic (exact) mass is 353 g/mol. The van der Waals surface area contributed by atoms with E-state index in [4.69, 9.17) is 0 Å². The molecule has 0 aromatic heterocycles. The van der Waals surface area contributed by atoms with E-state index in [9.17, 15) is 14.9 Å². The molecule has 1 aliphatic heterocycles. The molecule has 0 bridgehead atoms. The zero-order valence-corrected chi connectivity index (χ0v) is 14.9. The van der Waals surface area contributed by atoms with Crippen LogP contribution in [0.1, 0.15) is 24.0 Å². The molecule has 0 saturated carbocycles. The zero-order valence-electron chi connectivity index (χ0n) is 14.9. The number of piperidine rings is 1. The van der Waals surface area contributed by atoms with E-state index >= 15 is 0 Å². The average Bonchev–Trinajstić information content (AvgIpc) is 2.64. The number of nitro groups is 1. The first-order chi connectivity index (χ1) is 12.5. The molecule has 1 amide bonds. The second-order valence-electron chi connectivity index (χ2n) is 6.86. The first-order valence-electron chi connectivity index (χ1n) is 8.84. The fourth-order valence-corrected chi connectivity index (χ4v) is 3.31. The van der Waals surface area contributed by atoms with Crippen molar-refractivity contribution in [2.75, 3.05) is 18.4 Å². The van der Waals surface area contributed by atoms with Crippen LogP contribution in [0, 0.1) is 23.0 Å². The zero-order chi connectivity index (χ0) is 18.5. The highest BCUT2D eigenvalue weighted by Crippen LogP contribution is 2.22. The molecular formula is C20H23N3O3. The van der Waals surface area contributed by atoms with Gasteiger partial charge in [-0.3, -0.25) is 19.8 Å². The summed E-state index contributed by atoms with van der Waals surface area (Å²) < 4.78 is 0. The second kappa shape index (κ2) is 8.10. The molecule has 1 atom stereocenters. The van der Waals surface area contributed by atoms with Gasteiger partial charge in [0.05, 0.1) is 10.8 Å². The molecule has 0 aliphatic carbocycles. The van der Waals surface area contributed by atoms with Crippen molar-refractivity contribution in [3.63, 3.8) is 0 Å². The molecule has 0 radical (unpaired) electrons. The van der Waals surface area contributed by atoms with Crippen LogP contribution in [-0.2, 0) is 11.3 Å². The Bertz CT molecular complexity index is 789. The SMILES string of the molecule is Cc1ccc(CN2CCCC(C(=O)Nc3cccc([N+](=O)[O-])c3)C2)cc1. The van der Waals surface area contributed by atoms with Gasteiger partial charge in [0, 0.05) is 30.9 Å². The minimum Gasteiger partial charge on any atom is -0.326 e. The Labute approximate surface area is 153 Å². The van der Waals surface area contributed by atoms with E-state index in [-0.39, 0.29) is 17.5 Å². The van der Waals surface area contributed by atoms with Crippen LogP contribution in [0.25, 0.3) is 0 Å². The van der Waals surface area contributed by atoms with Crippen LogP contribution in [0.15, 0.2) is 48.5 Å². The lowest BCUT2D eigenvalue weighted by atomic mass is 9.96. The largest absolute Gasteiger partial charge is 0.326 e. The summed E-state index contributed by atoms with van der Waals surface area (Å²) in [5, 5.41) is 13.7. The summed E-state index contributed by atoms with van der Waals surface area (Å²) in [4.78, 5) is 25.3. The van der Waals surface area contributed by atoms with E-state index < -0.39 is 4.92 Å². The number of rotatable bonds is 5. The Kier molecular flexibility index (Phi) is 5.63. The van der Waals surface area contributed by atoms with E-state index in [0.717, 1.165) is 25.9 Å². The van der Waals surface area contributed by atoms with Crippen molar-refractivity contribution < 1.29 is 9.72 Å². The maximum absolute atomic E-state index is 12.6. The number of anilines is 1. The highest BCUT2D eigenvalue weighted by molar-refractivity contribution is 5.93. The third-order valence-corrected chi connectivity index (χ3v) is 4.73. The first kappa shape index (κ1) is 18.1. The molecule has 1 N–H and O–H groups in total. The van der Waals surface area contributed by atoms with E-state index in [1.165, 1.54) is 23.3 Å². The molecule has 6 nitrogen and oxygen atoms in total. The molecule has 1 fully saturated rings. The smallest absolute Gasteiger partial charge is 0.271 e. The molecule has 6 heteroatoms. The van der Waals surface area contributed by atoms with E-state index in [2.05, 4.69) is 41.4 Å². The number of amides is 1. The van der Waals surface area contributed by atoms with Gasteiger partial charge in [-0.15, -0.1) is 0 Å². The molecule has 1 heterocycles. The molecule has 2 aromatic rings. The summed E-state index contributed by atoms with van der Waals surface area (Å²) in [7, 11) is 0. The van der Waals surface area contributed by atoms with E-state index in [1.54, 1.807) is 12.1 Å². The average molecular weight is 353 g/mol. The highest BCUT2D eigenvalue weighted by atomic mass is 16.6. The Balaban J connectivity index is 1.60. The fourth-order valence-electron chi connectivity index (χ4n) is 3.31. The van der Waals surface area contributed by atoms with Gasteiger partial charge < -0.3 is 5.32 Å². The van der Waals surface area contributed by atoms with Crippen molar-refractivity contribution in [2.24, 2.45) is 5.92 Å². The molecule has 1 saturated heterocycles. The number of hydrogen-bond donors (Lipinski definition) is 1. The number of non-ortho nitro benzene ring substituents is 1. The number of carbonyl (C=O) groups excluding carboxylic acids is 1. The van der Waals surface area contributed by atoms with Crippen molar-refractivity contribution in [1.82, 2.24) is 4.90 Å². The number of carbonyl (C=O) groups is 1. The standard InChI is InChI=1S/C20H23N3O3/c1-15-7-9-16(10-8-15)13-22-11-3-4-17(14-22)20(24)21-18-5-2-6-19(12-18)23(25)26/h2,5-10,12,17H,3-4,11,13-14H2,1H3,(H,21,24). The Morgan fingerprint density at radius 3 is 2.77 bits per heavy atom. The predicted molar refractivity (Wildman–Crippen MR) is 101 cm³/mol. The van der Waals surface area contributed by atoms with E-state index in [1.807, 2.05) is 0 Å². The third-order valence-electron chi connectivity index (χ3n) is 4.73. The van der Waals surface area contributed by atoms with Gasteiger partial charge in [-0.05, 0) is 37.9 Å². The quantitative estimate of drug-likeness (QED) is 0.656. The van der Waals surface area contributed by atoms with Crippen LogP contribution in [0.5, 0.6) is 0 Å². The maximum Gasteiger partial charge on any atom is 0.271 e. The number of likely N-dealkylation sites (tertiary alicyclic amines) is 1. The summed E-state index contributed by atoms with van der Waals surface area (Å²) in [6.07, 6.45) is 1.81. The molecule has 1 unspecified atom stereocenters. The topological polar surface area (TPSA) is 75.5 Å². The van der Waals surface area contributed by atoms with Gasteiger partial charge in [0.15, 0.2) is 0 Å². The minimum absolute atomic E-state index is 0.0209. The molecule has 26 heavy (non-hydrogen) atoms. The third kappa shape index (κ3) is 4.67. The van der Waals surface area contributed by atoms with Gasteiger partial charge in [0.2, 0.25) is 5.91 Å². The molecule has 2 aromatic carbocycles. The molecular weight excluding hydrogens is 330 g/mol. The molecule has 0 spiro atoms. The number of hydrogen-bond acceptors (Lipinski definition) is 4. The van der Waals surface area contributed by atoms with Crippen LogP contribution in [-0.4, -0.2) is 28.8 Å². The first-order valence-corrected chi connectivity index (χ1v) is 8.84. The van der Waals surface area contributed by atoms with Gasteiger partial charge in [0.1, 0.15) is 0 Å². The van der Waals surface area contributed by atoms with Gasteiger partial charge >= 0.3 is 0 Å². The Morgan fingerprint density at radius 2 is 2.04 bits per heavy atom. The second-order valence-corrected chi connectivity index (χ2v) is 6.86. The summed E-state index contributed by atoms with van der Waals surface area (Å²) in [5.41, 5.74) is 2.93. The molecule has 3 rings (SSSR count). The Hall–Kier alpha value is -2.73. The minimum atomic E-state index is -0.459. The number of nitrogens with zero attached hydrogens (tertiary/aromatic N) is 2. The van der Waals surface area contributed by atoms with Crippen LogP contribution >= 0.6 is 0 Å². The van der Waals surface area contributed by atoms with Crippen molar-refractivity contribution in [1.29, 1.82) is 0 Å². The fraction of sp³-hybridized carbons (Fsp3) is 0.350. The van der Waals surface area contributed by atoms with E-state index in [0.29, 0.717) is 12.2 Å². The van der Waals surface area contributed by atoms with Gasteiger partial charge in [-0.2, -0.15) is 0 Å². The maximum atomic E-state index is 12.6. The predicted octanol–water partition coefficient (Wildman–Crippen LogP) is 3.75. The highest BCUT2D eigenvalue weighted by Gasteiger charge is 2.26. The number of nitro benzene ring substituents is 1.